The summed E-state index contributed by atoms with van der Waals surface area (Å²) in [7, 11) is 0. The average Bonchev–Trinajstić information content (AvgIpc) is 1.69. The van der Waals surface area contributed by atoms with Crippen LogP contribution in [0.4, 0.5) is 0 Å². The van der Waals surface area contributed by atoms with Crippen molar-refractivity contribution in [1.82, 2.24) is 0 Å². The predicted octanol–water partition coefficient (Wildman–Crippen LogP) is 0.695. The van der Waals surface area contributed by atoms with Crippen LogP contribution in [0, 0.1) is 0 Å². The van der Waals surface area contributed by atoms with Crippen molar-refractivity contribution in [3.05, 3.63) is 0 Å². The quantitative estimate of drug-likeness (QED) is 0.530. The first-order valence-corrected chi connectivity index (χ1v) is 4.00. The maximum absolute atomic E-state index is 5.39. The minimum absolute atomic E-state index is 0.00116. The summed E-state index contributed by atoms with van der Waals surface area (Å²) >= 11 is 3.35. The molecule has 40 valence electrons. The summed E-state index contributed by atoms with van der Waals surface area (Å²) < 4.78 is 0. The summed E-state index contributed by atoms with van der Waals surface area (Å²) in [5.74, 6) is 0. The minimum atomic E-state index is 0.00116. The molecule has 1 aliphatic rings. The van der Waals surface area contributed by atoms with Crippen LogP contribution in [0.15, 0.2) is 4.99 Å². The number of hydrogen-bond acceptors (Lipinski definition) is 4. The molecule has 0 bridgehead atoms. The molecule has 0 spiro atoms. The first-order valence-electron chi connectivity index (χ1n) is 1.90. The lowest BCUT2D eigenvalue weighted by atomic mass is 11.2. The Morgan fingerprint density at radius 3 is 3.00 bits per heavy atom. The highest BCUT2D eigenvalue weighted by Gasteiger charge is 2.01. The van der Waals surface area contributed by atoms with Gasteiger partial charge in [0.05, 0.1) is 5.55 Å². The van der Waals surface area contributed by atoms with Crippen LogP contribution >= 0.6 is 23.5 Å². The molecule has 0 saturated heterocycles. The van der Waals surface area contributed by atoms with E-state index in [9.17, 15) is 0 Å². The van der Waals surface area contributed by atoms with Crippen LogP contribution in [0.2, 0.25) is 0 Å². The molecule has 2 nitrogen and oxygen atoms in total. The zero-order valence-electron chi connectivity index (χ0n) is 3.70. The number of rotatable bonds is 0. The largest absolute Gasteiger partial charge is 0.301 e. The van der Waals surface area contributed by atoms with Crippen molar-refractivity contribution in [2.24, 2.45) is 10.7 Å². The normalized spacial score (nSPS) is 30.7. The molecule has 1 rings (SSSR count). The van der Waals surface area contributed by atoms with E-state index in [0.717, 1.165) is 5.08 Å². The van der Waals surface area contributed by atoms with Gasteiger partial charge in [0.25, 0.3) is 0 Å². The SMILES string of the molecule is NC1N=CSCS1. The Morgan fingerprint density at radius 2 is 2.71 bits per heavy atom. The third kappa shape index (κ3) is 1.71. The summed E-state index contributed by atoms with van der Waals surface area (Å²) in [5, 5.41) is 1.05. The van der Waals surface area contributed by atoms with Crippen molar-refractivity contribution in [3.63, 3.8) is 0 Å². The topological polar surface area (TPSA) is 38.4 Å². The molecule has 0 aromatic rings. The van der Waals surface area contributed by atoms with E-state index in [1.807, 2.05) is 0 Å². The van der Waals surface area contributed by atoms with E-state index in [2.05, 4.69) is 4.99 Å². The predicted molar refractivity (Wildman–Crippen MR) is 36.5 cm³/mol. The Hall–Kier alpha value is 0.330. The fourth-order valence-corrected chi connectivity index (χ4v) is 1.84. The van der Waals surface area contributed by atoms with Crippen molar-refractivity contribution in [1.29, 1.82) is 0 Å². The molecule has 0 amide bonds. The molecule has 0 fully saturated rings. The Labute approximate surface area is 50.9 Å². The highest BCUT2D eigenvalue weighted by atomic mass is 32.2. The Kier molecular flexibility index (Phi) is 2.02. The molecule has 0 aromatic carbocycles. The molecule has 2 N–H and O–H groups in total. The zero-order valence-corrected chi connectivity index (χ0v) is 5.34. The molecule has 0 radical (unpaired) electrons. The Bertz CT molecular complexity index is 83.0. The number of nitrogens with zero attached hydrogens (tertiary/aromatic N) is 1. The molecule has 7 heavy (non-hydrogen) atoms. The molecule has 1 atom stereocenters. The fraction of sp³-hybridized carbons (Fsp3) is 0.667. The first-order chi connectivity index (χ1) is 3.39. The second-order valence-corrected chi connectivity index (χ2v) is 3.40. The van der Waals surface area contributed by atoms with Crippen molar-refractivity contribution >= 4 is 29.1 Å². The van der Waals surface area contributed by atoms with Crippen LogP contribution in [0.3, 0.4) is 0 Å². The standard InChI is InChI=1S/C3H6N2S2/c4-3-5-1-6-2-7-3/h1,3H,2,4H2. The molecule has 4 heteroatoms. The van der Waals surface area contributed by atoms with Crippen molar-refractivity contribution in [2.45, 2.75) is 5.50 Å². The van der Waals surface area contributed by atoms with Crippen molar-refractivity contribution in [3.8, 4) is 0 Å². The third-order valence-electron chi connectivity index (χ3n) is 0.589. The number of hydrogen-bond donors (Lipinski definition) is 1. The Balaban J connectivity index is 2.36. The molecular formula is C3H6N2S2. The minimum Gasteiger partial charge on any atom is -0.301 e. The van der Waals surface area contributed by atoms with E-state index in [1.165, 1.54) is 0 Å². The average molecular weight is 134 g/mol. The highest BCUT2D eigenvalue weighted by molar-refractivity contribution is 8.23. The fourth-order valence-electron chi connectivity index (χ4n) is 0.285. The maximum Gasteiger partial charge on any atom is 0.145 e. The summed E-state index contributed by atoms with van der Waals surface area (Å²) in [6.45, 7) is 0. The van der Waals surface area contributed by atoms with Crippen LogP contribution < -0.4 is 5.73 Å². The van der Waals surface area contributed by atoms with E-state index in [4.69, 9.17) is 5.73 Å². The van der Waals surface area contributed by atoms with Crippen LogP contribution in [0.5, 0.6) is 0 Å². The number of aliphatic imine (C=N–C) groups is 1. The molecule has 1 unspecified atom stereocenters. The van der Waals surface area contributed by atoms with Crippen LogP contribution in [-0.2, 0) is 0 Å². The van der Waals surface area contributed by atoms with E-state index < -0.39 is 0 Å². The van der Waals surface area contributed by atoms with Crippen LogP contribution in [-0.4, -0.2) is 16.1 Å². The summed E-state index contributed by atoms with van der Waals surface area (Å²) in [4.78, 5) is 3.91. The van der Waals surface area contributed by atoms with Crippen molar-refractivity contribution < 1.29 is 0 Å². The molecule has 0 aromatic heterocycles. The van der Waals surface area contributed by atoms with Gasteiger partial charge in [-0.3, -0.25) is 4.99 Å². The summed E-state index contributed by atoms with van der Waals surface area (Å²) in [6.07, 6.45) is 0. The van der Waals surface area contributed by atoms with E-state index in [1.54, 1.807) is 29.1 Å². The molecular weight excluding hydrogens is 128 g/mol. The monoisotopic (exact) mass is 134 g/mol. The van der Waals surface area contributed by atoms with Gasteiger partial charge in [-0.05, 0) is 0 Å². The first kappa shape index (κ1) is 5.47. The van der Waals surface area contributed by atoms with Gasteiger partial charge in [-0.2, -0.15) is 0 Å². The van der Waals surface area contributed by atoms with Gasteiger partial charge in [-0.25, -0.2) is 0 Å². The summed E-state index contributed by atoms with van der Waals surface area (Å²) in [5.41, 5.74) is 7.19. The smallest absolute Gasteiger partial charge is 0.145 e. The lowest BCUT2D eigenvalue weighted by Gasteiger charge is -2.07. The molecule has 0 aliphatic carbocycles. The van der Waals surface area contributed by atoms with Crippen LogP contribution in [0.25, 0.3) is 0 Å². The molecule has 1 aliphatic heterocycles. The molecule has 1 heterocycles. The van der Waals surface area contributed by atoms with Gasteiger partial charge < -0.3 is 5.73 Å². The number of nitrogens with two attached hydrogens (primary N) is 1. The second kappa shape index (κ2) is 2.59. The van der Waals surface area contributed by atoms with Gasteiger partial charge in [0.15, 0.2) is 0 Å². The van der Waals surface area contributed by atoms with Gasteiger partial charge in [0, 0.05) is 5.08 Å². The summed E-state index contributed by atoms with van der Waals surface area (Å²) in [6, 6.07) is 0. The van der Waals surface area contributed by atoms with Gasteiger partial charge in [-0.1, -0.05) is 0 Å². The van der Waals surface area contributed by atoms with Crippen molar-refractivity contribution in [2.75, 3.05) is 5.08 Å². The van der Waals surface area contributed by atoms with E-state index in [0.29, 0.717) is 0 Å². The highest BCUT2D eigenvalue weighted by Crippen LogP contribution is 2.18. The third-order valence-corrected chi connectivity index (χ3v) is 2.41. The molecule has 0 saturated carbocycles. The van der Waals surface area contributed by atoms with Gasteiger partial charge >= 0.3 is 0 Å². The lowest BCUT2D eigenvalue weighted by molar-refractivity contribution is 0.999. The van der Waals surface area contributed by atoms with Gasteiger partial charge in [-0.15, -0.1) is 23.5 Å². The maximum atomic E-state index is 5.39. The van der Waals surface area contributed by atoms with E-state index in [-0.39, 0.29) is 5.50 Å². The number of thioether (sulfide) groups is 2. The van der Waals surface area contributed by atoms with Gasteiger partial charge in [0.2, 0.25) is 0 Å². The lowest BCUT2D eigenvalue weighted by Crippen LogP contribution is -2.14. The zero-order chi connectivity index (χ0) is 5.11. The second-order valence-electron chi connectivity index (χ2n) is 1.10. The van der Waals surface area contributed by atoms with E-state index >= 15 is 0 Å². The Morgan fingerprint density at radius 1 is 1.86 bits per heavy atom. The van der Waals surface area contributed by atoms with Crippen LogP contribution in [0.1, 0.15) is 0 Å². The van der Waals surface area contributed by atoms with Gasteiger partial charge in [0.1, 0.15) is 5.50 Å².